The molecule has 3 N–H and O–H groups in total. The van der Waals surface area contributed by atoms with E-state index in [0.29, 0.717) is 10.0 Å². The molecule has 2 aromatic rings. The van der Waals surface area contributed by atoms with Crippen molar-refractivity contribution in [1.82, 2.24) is 5.43 Å². The van der Waals surface area contributed by atoms with Crippen LogP contribution in [0.15, 0.2) is 38.3 Å². The van der Waals surface area contributed by atoms with Crippen LogP contribution < -0.4 is 10.2 Å². The van der Waals surface area contributed by atoms with Gasteiger partial charge in [0.2, 0.25) is 0 Å². The predicted molar refractivity (Wildman–Crippen MR) is 104 cm³/mol. The van der Waals surface area contributed by atoms with E-state index < -0.39 is 17.4 Å². The number of benzene rings is 2. The summed E-state index contributed by atoms with van der Waals surface area (Å²) in [4.78, 5) is 22.2. The first-order valence-corrected chi connectivity index (χ1v) is 8.89. The number of carbonyl (C=O) groups excluding carboxylic acids is 1. The highest BCUT2D eigenvalue weighted by Gasteiger charge is 2.16. The Morgan fingerprint density at radius 2 is 2.04 bits per heavy atom. The highest BCUT2D eigenvalue weighted by Crippen LogP contribution is 2.40. The number of aryl methyl sites for hydroxylation is 1. The Morgan fingerprint density at radius 3 is 2.70 bits per heavy atom. The number of nitrogens with one attached hydrogen (secondary N) is 1. The number of carbonyl (C=O) groups is 1. The van der Waals surface area contributed by atoms with E-state index >= 15 is 0 Å². The van der Waals surface area contributed by atoms with Gasteiger partial charge < -0.3 is 14.9 Å². The van der Waals surface area contributed by atoms with Gasteiger partial charge in [-0.05, 0) is 56.5 Å². The number of rotatable bonds is 6. The highest BCUT2D eigenvalue weighted by atomic mass is 79.9. The quantitative estimate of drug-likeness (QED) is 0.315. The molecule has 0 fully saturated rings. The first kappa shape index (κ1) is 20.6. The van der Waals surface area contributed by atoms with E-state index in [0.717, 1.165) is 6.21 Å². The fraction of sp³-hybridized carbons (Fsp3) is 0.125. The molecular formula is C16H13Br2N3O6. The van der Waals surface area contributed by atoms with Gasteiger partial charge in [0, 0.05) is 11.6 Å². The molecule has 0 saturated heterocycles. The normalized spacial score (nSPS) is 10.8. The second-order valence-corrected chi connectivity index (χ2v) is 6.92. The van der Waals surface area contributed by atoms with Crippen LogP contribution in [0, 0.1) is 17.0 Å². The molecule has 0 aliphatic rings. The molecule has 1 amide bonds. The van der Waals surface area contributed by atoms with E-state index in [1.54, 1.807) is 13.0 Å². The number of hydrogen-bond acceptors (Lipinski definition) is 7. The third-order valence-corrected chi connectivity index (χ3v) is 4.62. The van der Waals surface area contributed by atoms with Crippen LogP contribution in [-0.2, 0) is 4.79 Å². The molecule has 2 rings (SSSR count). The lowest BCUT2D eigenvalue weighted by Crippen LogP contribution is -2.24. The van der Waals surface area contributed by atoms with Crippen LogP contribution in [0.4, 0.5) is 5.69 Å². The maximum absolute atomic E-state index is 11.8. The first-order chi connectivity index (χ1) is 12.7. The van der Waals surface area contributed by atoms with Crippen molar-refractivity contribution < 1.29 is 24.7 Å². The maximum atomic E-state index is 11.8. The topological polar surface area (TPSA) is 134 Å². The van der Waals surface area contributed by atoms with E-state index in [9.17, 15) is 25.1 Å². The van der Waals surface area contributed by atoms with Crippen LogP contribution in [-0.4, -0.2) is 33.9 Å². The summed E-state index contributed by atoms with van der Waals surface area (Å²) >= 11 is 6.13. The number of ether oxygens (including phenoxy) is 1. The van der Waals surface area contributed by atoms with Crippen molar-refractivity contribution in [1.29, 1.82) is 0 Å². The van der Waals surface area contributed by atoms with Gasteiger partial charge in [-0.3, -0.25) is 14.9 Å². The molecule has 0 saturated carbocycles. The average molecular weight is 503 g/mol. The molecule has 0 spiro atoms. The molecule has 0 aromatic heterocycles. The molecule has 27 heavy (non-hydrogen) atoms. The molecule has 0 bridgehead atoms. The van der Waals surface area contributed by atoms with Crippen LogP contribution >= 0.6 is 31.9 Å². The minimum Gasteiger partial charge on any atom is -0.506 e. The number of phenolic OH excluding ortho intramolecular Hbond substituents is 2. The number of hydrazone groups is 1. The fourth-order valence-corrected chi connectivity index (χ4v) is 3.11. The van der Waals surface area contributed by atoms with E-state index in [4.69, 9.17) is 4.74 Å². The minimum absolute atomic E-state index is 0.0335. The van der Waals surface area contributed by atoms with E-state index in [-0.39, 0.29) is 33.0 Å². The monoisotopic (exact) mass is 501 g/mol. The number of hydrogen-bond donors (Lipinski definition) is 3. The van der Waals surface area contributed by atoms with Gasteiger partial charge in [0.1, 0.15) is 16.0 Å². The minimum atomic E-state index is -0.655. The number of nitro benzene ring substituents is 1. The molecule has 0 aliphatic carbocycles. The lowest BCUT2D eigenvalue weighted by molar-refractivity contribution is -0.385. The average Bonchev–Trinajstić information content (AvgIpc) is 2.62. The van der Waals surface area contributed by atoms with Gasteiger partial charge in [-0.2, -0.15) is 5.10 Å². The molecule has 0 unspecified atom stereocenters. The number of aromatic hydroxyl groups is 2. The standard InChI is InChI=1S/C16H13Br2N3O6/c1-8-2-3-12(11(4-8)21(25)26)27-7-13(22)20-19-6-9-5-10(17)16(24)14(18)15(9)23/h2-6,23-24H,7H2,1H3,(H,20,22)/b19-6-. The Balaban J connectivity index is 2.00. The van der Waals surface area contributed by atoms with E-state index in [1.807, 2.05) is 0 Å². The summed E-state index contributed by atoms with van der Waals surface area (Å²) in [5.74, 6) is -1.13. The van der Waals surface area contributed by atoms with Gasteiger partial charge in [-0.1, -0.05) is 6.07 Å². The number of amides is 1. The van der Waals surface area contributed by atoms with Crippen molar-refractivity contribution in [2.24, 2.45) is 5.10 Å². The lowest BCUT2D eigenvalue weighted by Gasteiger charge is -2.07. The summed E-state index contributed by atoms with van der Waals surface area (Å²) < 4.78 is 5.55. The second kappa shape index (κ2) is 8.82. The van der Waals surface area contributed by atoms with Crippen molar-refractivity contribution in [3.63, 3.8) is 0 Å². The molecule has 11 heteroatoms. The first-order valence-electron chi connectivity index (χ1n) is 7.30. The molecule has 0 heterocycles. The Hall–Kier alpha value is -2.66. The van der Waals surface area contributed by atoms with Gasteiger partial charge in [-0.25, -0.2) is 5.43 Å². The lowest BCUT2D eigenvalue weighted by atomic mass is 10.2. The van der Waals surface area contributed by atoms with Crippen LogP contribution in [0.5, 0.6) is 17.2 Å². The Bertz CT molecular complexity index is 933. The molecule has 0 atom stereocenters. The van der Waals surface area contributed by atoms with Crippen LogP contribution in [0.1, 0.15) is 11.1 Å². The summed E-state index contributed by atoms with van der Waals surface area (Å²) in [7, 11) is 0. The van der Waals surface area contributed by atoms with Crippen LogP contribution in [0.2, 0.25) is 0 Å². The predicted octanol–water partition coefficient (Wildman–Crippen LogP) is 3.37. The van der Waals surface area contributed by atoms with Gasteiger partial charge >= 0.3 is 5.69 Å². The molecule has 2 aromatic carbocycles. The molecule has 9 nitrogen and oxygen atoms in total. The van der Waals surface area contributed by atoms with Gasteiger partial charge in [0.25, 0.3) is 5.91 Å². The van der Waals surface area contributed by atoms with Crippen molar-refractivity contribution in [3.8, 4) is 17.2 Å². The Morgan fingerprint density at radius 1 is 1.33 bits per heavy atom. The van der Waals surface area contributed by atoms with Crippen LogP contribution in [0.25, 0.3) is 0 Å². The molecule has 142 valence electrons. The van der Waals surface area contributed by atoms with Crippen molar-refractivity contribution in [3.05, 3.63) is 54.5 Å². The summed E-state index contributed by atoms with van der Waals surface area (Å²) in [5.41, 5.74) is 2.85. The Kier molecular flexibility index (Phi) is 6.75. The van der Waals surface area contributed by atoms with Gasteiger partial charge in [0.15, 0.2) is 12.4 Å². The summed E-state index contributed by atoms with van der Waals surface area (Å²) in [6.45, 7) is 1.21. The number of nitrogens with zero attached hydrogens (tertiary/aromatic N) is 2. The van der Waals surface area contributed by atoms with Crippen molar-refractivity contribution in [2.75, 3.05) is 6.61 Å². The fourth-order valence-electron chi connectivity index (χ4n) is 1.96. The smallest absolute Gasteiger partial charge is 0.311 e. The second-order valence-electron chi connectivity index (χ2n) is 5.27. The summed E-state index contributed by atoms with van der Waals surface area (Å²) in [6, 6.07) is 5.78. The zero-order chi connectivity index (χ0) is 20.1. The largest absolute Gasteiger partial charge is 0.506 e. The molecule has 0 radical (unpaired) electrons. The van der Waals surface area contributed by atoms with E-state index in [2.05, 4.69) is 42.4 Å². The van der Waals surface area contributed by atoms with Crippen molar-refractivity contribution in [2.45, 2.75) is 6.92 Å². The van der Waals surface area contributed by atoms with Crippen molar-refractivity contribution >= 4 is 49.7 Å². The molecular weight excluding hydrogens is 490 g/mol. The number of phenols is 2. The highest BCUT2D eigenvalue weighted by molar-refractivity contribution is 9.11. The van der Waals surface area contributed by atoms with E-state index in [1.165, 1.54) is 18.2 Å². The third kappa shape index (κ3) is 5.17. The Labute approximate surface area is 170 Å². The van der Waals surface area contributed by atoms with Gasteiger partial charge in [0.05, 0.1) is 15.6 Å². The summed E-state index contributed by atoms with van der Waals surface area (Å²) in [5, 5.41) is 34.2. The number of nitro groups is 1. The zero-order valence-electron chi connectivity index (χ0n) is 13.8. The molecule has 0 aliphatic heterocycles. The maximum Gasteiger partial charge on any atom is 0.311 e. The third-order valence-electron chi connectivity index (χ3n) is 3.26. The SMILES string of the molecule is Cc1ccc(OCC(=O)N/N=C\c2cc(Br)c(O)c(Br)c2O)c([N+](=O)[O-])c1. The van der Waals surface area contributed by atoms with Gasteiger partial charge in [-0.15, -0.1) is 0 Å². The number of halogens is 2. The summed E-state index contributed by atoms with van der Waals surface area (Å²) in [6.07, 6.45) is 1.16. The zero-order valence-corrected chi connectivity index (χ0v) is 16.9. The van der Waals surface area contributed by atoms with Crippen LogP contribution in [0.3, 0.4) is 0 Å².